The van der Waals surface area contributed by atoms with Crippen molar-refractivity contribution in [2.45, 2.75) is 54.4 Å². The van der Waals surface area contributed by atoms with Gasteiger partial charge >= 0.3 is 0 Å². The predicted molar refractivity (Wildman–Crippen MR) is 82.2 cm³/mol. The van der Waals surface area contributed by atoms with Crippen LogP contribution in [0.25, 0.3) is 0 Å². The number of allylic oxidation sites excluding steroid dienone is 8. The van der Waals surface area contributed by atoms with Gasteiger partial charge in [-0.3, -0.25) is 12.2 Å². The van der Waals surface area contributed by atoms with Crippen LogP contribution < -0.4 is 0 Å². The van der Waals surface area contributed by atoms with E-state index < -0.39 is 0 Å². The summed E-state index contributed by atoms with van der Waals surface area (Å²) in [7, 11) is 0. The van der Waals surface area contributed by atoms with Crippen molar-refractivity contribution in [2.75, 3.05) is 0 Å². The van der Waals surface area contributed by atoms with Gasteiger partial charge in [0, 0.05) is 25.8 Å². The molecule has 0 atom stereocenters. The second-order valence-electron chi connectivity index (χ2n) is 6.89. The minimum Gasteiger partial charge on any atom is -1.00 e. The van der Waals surface area contributed by atoms with E-state index in [9.17, 15) is 0 Å². The Hall–Kier alpha value is -0.170. The zero-order chi connectivity index (χ0) is 13.8. The van der Waals surface area contributed by atoms with Crippen LogP contribution in [0.4, 0.5) is 0 Å². The molecule has 0 aliphatic heterocycles. The molecule has 0 spiro atoms. The molecular formula is C18H28Hf-4. The summed E-state index contributed by atoms with van der Waals surface area (Å²) in [5, 5.41) is 0. The number of hydrogen-bond acceptors (Lipinski definition) is 0. The topological polar surface area (TPSA) is 0 Å². The second kappa shape index (κ2) is 7.57. The SMILES string of the molecule is CC(C)(C)C1=[C-]CC=C1.CC(C)(C)C1=[C-]CC=C1.[H-].[H-].[Hf]. The van der Waals surface area contributed by atoms with Crippen LogP contribution in [0.2, 0.25) is 0 Å². The molecule has 0 aromatic heterocycles. The largest absolute Gasteiger partial charge is 1.00 e. The van der Waals surface area contributed by atoms with E-state index in [2.05, 4.69) is 78.0 Å². The summed E-state index contributed by atoms with van der Waals surface area (Å²) in [4.78, 5) is 0. The van der Waals surface area contributed by atoms with Gasteiger partial charge in [-0.15, -0.1) is 12.8 Å². The van der Waals surface area contributed by atoms with Gasteiger partial charge in [0.05, 0.1) is 0 Å². The maximum Gasteiger partial charge on any atom is 0 e. The van der Waals surface area contributed by atoms with E-state index >= 15 is 0 Å². The third-order valence-corrected chi connectivity index (χ3v) is 3.01. The summed E-state index contributed by atoms with van der Waals surface area (Å²) in [5.74, 6) is 0. The van der Waals surface area contributed by atoms with E-state index in [0.29, 0.717) is 10.8 Å². The third kappa shape index (κ3) is 6.70. The first-order chi connectivity index (χ1) is 8.21. The Morgan fingerprint density at radius 2 is 1.11 bits per heavy atom. The molecule has 19 heavy (non-hydrogen) atoms. The molecule has 0 saturated carbocycles. The smallest absolute Gasteiger partial charge is 0 e. The van der Waals surface area contributed by atoms with Gasteiger partial charge in [0.25, 0.3) is 0 Å². The first-order valence-corrected chi connectivity index (χ1v) is 6.77. The Labute approximate surface area is 141 Å². The van der Waals surface area contributed by atoms with Crippen molar-refractivity contribution in [1.29, 1.82) is 0 Å². The first-order valence-electron chi connectivity index (χ1n) is 6.77. The normalized spacial score (nSPS) is 17.4. The summed E-state index contributed by atoms with van der Waals surface area (Å²) in [6.07, 6.45) is 17.3. The molecule has 2 aliphatic carbocycles. The fourth-order valence-electron chi connectivity index (χ4n) is 1.84. The van der Waals surface area contributed by atoms with Crippen LogP contribution >= 0.6 is 0 Å². The van der Waals surface area contributed by atoms with Crippen molar-refractivity contribution in [3.05, 3.63) is 47.6 Å². The van der Waals surface area contributed by atoms with E-state index in [1.165, 1.54) is 11.1 Å². The van der Waals surface area contributed by atoms with Crippen LogP contribution in [0.1, 0.15) is 57.2 Å². The Kier molecular flexibility index (Phi) is 7.50. The van der Waals surface area contributed by atoms with Gasteiger partial charge in [0.15, 0.2) is 0 Å². The van der Waals surface area contributed by atoms with Crippen LogP contribution in [-0.4, -0.2) is 0 Å². The average Bonchev–Trinajstić information content (AvgIpc) is 2.91. The molecule has 0 nitrogen and oxygen atoms in total. The molecule has 0 amide bonds. The summed E-state index contributed by atoms with van der Waals surface area (Å²) in [5.41, 5.74) is 3.30. The van der Waals surface area contributed by atoms with Gasteiger partial charge < -0.3 is 2.85 Å². The van der Waals surface area contributed by atoms with Crippen LogP contribution in [0.3, 0.4) is 0 Å². The minimum atomic E-state index is 0. The summed E-state index contributed by atoms with van der Waals surface area (Å²) in [6, 6.07) is 0. The van der Waals surface area contributed by atoms with Crippen molar-refractivity contribution >= 4 is 0 Å². The number of hydrogen-bond donors (Lipinski definition) is 0. The van der Waals surface area contributed by atoms with Crippen molar-refractivity contribution in [3.63, 3.8) is 0 Å². The monoisotopic (exact) mass is 424 g/mol. The molecule has 0 aromatic carbocycles. The fraction of sp³-hybridized carbons (Fsp3) is 0.556. The Balaban J connectivity index is -0.000000270. The zero-order valence-corrected chi connectivity index (χ0v) is 16.8. The molecule has 0 N–H and O–H groups in total. The van der Waals surface area contributed by atoms with Crippen LogP contribution in [0.5, 0.6) is 0 Å². The Morgan fingerprint density at radius 1 is 0.789 bits per heavy atom. The second-order valence-corrected chi connectivity index (χ2v) is 6.89. The van der Waals surface area contributed by atoms with Gasteiger partial charge in [-0.25, -0.2) is 23.3 Å². The van der Waals surface area contributed by atoms with Crippen molar-refractivity contribution in [1.82, 2.24) is 0 Å². The summed E-state index contributed by atoms with van der Waals surface area (Å²) < 4.78 is 0. The quantitative estimate of drug-likeness (QED) is 0.348. The molecule has 0 heterocycles. The standard InChI is InChI=1S/2C9H13.Hf.2H/c2*1-9(2,3)8-6-4-5-7-8;;;/h2*4,6H,5H2,1-3H3;;;/q2*-1;;2*-1. The summed E-state index contributed by atoms with van der Waals surface area (Å²) >= 11 is 0. The van der Waals surface area contributed by atoms with E-state index in [1.54, 1.807) is 0 Å². The minimum absolute atomic E-state index is 0. The molecule has 0 aromatic rings. The Bertz CT molecular complexity index is 362. The van der Waals surface area contributed by atoms with E-state index in [-0.39, 0.29) is 28.7 Å². The van der Waals surface area contributed by atoms with Crippen LogP contribution in [0, 0.1) is 23.0 Å². The van der Waals surface area contributed by atoms with Crippen LogP contribution in [0.15, 0.2) is 35.5 Å². The molecule has 0 unspecified atom stereocenters. The molecule has 2 aliphatic rings. The fourth-order valence-corrected chi connectivity index (χ4v) is 1.84. The van der Waals surface area contributed by atoms with E-state index in [0.717, 1.165) is 12.8 Å². The maximum absolute atomic E-state index is 3.30. The van der Waals surface area contributed by atoms with Gasteiger partial charge in [0.1, 0.15) is 0 Å². The molecular weight excluding hydrogens is 395 g/mol. The molecule has 108 valence electrons. The zero-order valence-electron chi connectivity index (χ0n) is 15.2. The molecule has 0 radical (unpaired) electrons. The van der Waals surface area contributed by atoms with Crippen molar-refractivity contribution < 1.29 is 28.7 Å². The van der Waals surface area contributed by atoms with Gasteiger partial charge in [0.2, 0.25) is 0 Å². The van der Waals surface area contributed by atoms with E-state index in [1.807, 2.05) is 0 Å². The van der Waals surface area contributed by atoms with E-state index in [4.69, 9.17) is 0 Å². The molecule has 1 heteroatoms. The van der Waals surface area contributed by atoms with Gasteiger partial charge in [-0.05, 0) is 10.8 Å². The maximum atomic E-state index is 3.30. The van der Waals surface area contributed by atoms with Gasteiger partial charge in [-0.1, -0.05) is 41.5 Å². The number of rotatable bonds is 0. The average molecular weight is 423 g/mol. The molecule has 0 fully saturated rings. The molecule has 2 rings (SSSR count). The predicted octanol–water partition coefficient (Wildman–Crippen LogP) is 5.67. The van der Waals surface area contributed by atoms with Crippen molar-refractivity contribution in [3.8, 4) is 0 Å². The molecule has 0 saturated heterocycles. The van der Waals surface area contributed by atoms with Crippen molar-refractivity contribution in [2.24, 2.45) is 10.8 Å². The Morgan fingerprint density at radius 3 is 1.21 bits per heavy atom. The van der Waals surface area contributed by atoms with Crippen LogP contribution in [-0.2, 0) is 25.8 Å². The first kappa shape index (κ1) is 18.8. The molecule has 0 bridgehead atoms. The third-order valence-electron chi connectivity index (χ3n) is 3.01. The van der Waals surface area contributed by atoms with Gasteiger partial charge in [-0.2, -0.15) is 12.2 Å². The summed E-state index contributed by atoms with van der Waals surface area (Å²) in [6.45, 7) is 13.3.